The van der Waals surface area contributed by atoms with E-state index in [1.54, 1.807) is 0 Å². The molecule has 3 heteroatoms. The lowest BCUT2D eigenvalue weighted by atomic mass is 10.0. The summed E-state index contributed by atoms with van der Waals surface area (Å²) in [5, 5.41) is 4.28. The van der Waals surface area contributed by atoms with Gasteiger partial charge in [-0.15, -0.1) is 6.58 Å². The molecule has 1 heterocycles. The third kappa shape index (κ3) is 2.70. The summed E-state index contributed by atoms with van der Waals surface area (Å²) in [5.74, 6) is 0. The molecule has 1 atom stereocenters. The number of aromatic nitrogens is 2. The second kappa shape index (κ2) is 4.96. The second-order valence-corrected chi connectivity index (χ2v) is 3.67. The summed E-state index contributed by atoms with van der Waals surface area (Å²) in [6.45, 7) is 5.70. The van der Waals surface area contributed by atoms with Gasteiger partial charge in [0.15, 0.2) is 0 Å². The van der Waals surface area contributed by atoms with E-state index in [2.05, 4.69) is 11.7 Å². The average molecular weight is 193 g/mol. The van der Waals surface area contributed by atoms with Gasteiger partial charge in [0.1, 0.15) is 0 Å². The van der Waals surface area contributed by atoms with Gasteiger partial charge in [0.2, 0.25) is 0 Å². The normalized spacial score (nSPS) is 12.8. The van der Waals surface area contributed by atoms with Crippen LogP contribution in [0.25, 0.3) is 0 Å². The molecule has 1 unspecified atom stereocenters. The van der Waals surface area contributed by atoms with E-state index in [-0.39, 0.29) is 6.04 Å². The van der Waals surface area contributed by atoms with Gasteiger partial charge < -0.3 is 5.73 Å². The third-order valence-corrected chi connectivity index (χ3v) is 2.37. The highest BCUT2D eigenvalue weighted by Crippen LogP contribution is 2.19. The van der Waals surface area contributed by atoms with Gasteiger partial charge in [0.05, 0.1) is 5.69 Å². The van der Waals surface area contributed by atoms with Crippen molar-refractivity contribution < 1.29 is 0 Å². The number of nitrogens with two attached hydrogens (primary N) is 1. The molecule has 0 spiro atoms. The van der Waals surface area contributed by atoms with Crippen LogP contribution >= 0.6 is 0 Å². The van der Waals surface area contributed by atoms with E-state index in [1.165, 1.54) is 0 Å². The van der Waals surface area contributed by atoms with E-state index in [1.807, 2.05) is 30.9 Å². The van der Waals surface area contributed by atoms with E-state index in [0.717, 1.165) is 30.5 Å². The first-order chi connectivity index (χ1) is 6.65. The Bertz CT molecular complexity index is 301. The highest BCUT2D eigenvalue weighted by atomic mass is 15.2. The number of nitrogens with zero attached hydrogens (tertiary/aromatic N) is 2. The SMILES string of the molecule is C=CCCCC(N)c1cn(C)nc1C. The third-order valence-electron chi connectivity index (χ3n) is 2.37. The van der Waals surface area contributed by atoms with Crippen LogP contribution in [0.2, 0.25) is 0 Å². The quantitative estimate of drug-likeness (QED) is 0.574. The summed E-state index contributed by atoms with van der Waals surface area (Å²) in [6.07, 6.45) is 7.07. The standard InChI is InChI=1S/C11H19N3/c1-4-5-6-7-11(12)10-8-14(3)13-9(10)2/h4,8,11H,1,5-7,12H2,2-3H3. The number of hydrogen-bond acceptors (Lipinski definition) is 2. The molecule has 0 fully saturated rings. The second-order valence-electron chi connectivity index (χ2n) is 3.67. The molecule has 0 saturated carbocycles. The van der Waals surface area contributed by atoms with Gasteiger partial charge in [0, 0.05) is 24.8 Å². The number of hydrogen-bond donors (Lipinski definition) is 1. The van der Waals surface area contributed by atoms with Crippen molar-refractivity contribution in [1.82, 2.24) is 9.78 Å². The molecule has 14 heavy (non-hydrogen) atoms. The van der Waals surface area contributed by atoms with Crippen molar-refractivity contribution >= 4 is 0 Å². The van der Waals surface area contributed by atoms with Gasteiger partial charge in [-0.05, 0) is 26.2 Å². The Labute approximate surface area is 85.6 Å². The van der Waals surface area contributed by atoms with Gasteiger partial charge in [-0.2, -0.15) is 5.10 Å². The molecule has 0 aliphatic carbocycles. The Kier molecular flexibility index (Phi) is 3.89. The highest BCUT2D eigenvalue weighted by molar-refractivity contribution is 5.19. The lowest BCUT2D eigenvalue weighted by Gasteiger charge is -2.09. The van der Waals surface area contributed by atoms with Crippen molar-refractivity contribution in [3.8, 4) is 0 Å². The first-order valence-corrected chi connectivity index (χ1v) is 5.01. The molecule has 0 aromatic carbocycles. The minimum atomic E-state index is 0.114. The molecule has 0 radical (unpaired) electrons. The van der Waals surface area contributed by atoms with E-state index >= 15 is 0 Å². The van der Waals surface area contributed by atoms with Gasteiger partial charge in [-0.1, -0.05) is 6.08 Å². The van der Waals surface area contributed by atoms with Crippen LogP contribution in [0.5, 0.6) is 0 Å². The maximum absolute atomic E-state index is 6.06. The molecule has 0 aliphatic rings. The predicted octanol–water partition coefficient (Wildman–Crippen LogP) is 2.08. The Hall–Kier alpha value is -1.09. The Morgan fingerprint density at radius 3 is 2.93 bits per heavy atom. The predicted molar refractivity (Wildman–Crippen MR) is 58.9 cm³/mol. The zero-order valence-electron chi connectivity index (χ0n) is 9.03. The summed E-state index contributed by atoms with van der Waals surface area (Å²) < 4.78 is 1.82. The van der Waals surface area contributed by atoms with E-state index in [9.17, 15) is 0 Å². The van der Waals surface area contributed by atoms with Crippen molar-refractivity contribution in [3.05, 3.63) is 30.1 Å². The fourth-order valence-corrected chi connectivity index (χ4v) is 1.62. The molecule has 3 nitrogen and oxygen atoms in total. The minimum Gasteiger partial charge on any atom is -0.324 e. The van der Waals surface area contributed by atoms with Crippen LogP contribution in [0.1, 0.15) is 36.6 Å². The number of unbranched alkanes of at least 4 members (excludes halogenated alkanes) is 1. The number of allylic oxidation sites excluding steroid dienone is 1. The van der Waals surface area contributed by atoms with Gasteiger partial charge in [-0.25, -0.2) is 0 Å². The average Bonchev–Trinajstić information content (AvgIpc) is 2.45. The first-order valence-electron chi connectivity index (χ1n) is 5.01. The van der Waals surface area contributed by atoms with Gasteiger partial charge in [0.25, 0.3) is 0 Å². The molecule has 2 N–H and O–H groups in total. The highest BCUT2D eigenvalue weighted by Gasteiger charge is 2.11. The van der Waals surface area contributed by atoms with Crippen molar-refractivity contribution in [2.24, 2.45) is 12.8 Å². The van der Waals surface area contributed by atoms with Crippen LogP contribution in [0, 0.1) is 6.92 Å². The molecule has 1 aromatic heterocycles. The zero-order chi connectivity index (χ0) is 10.6. The van der Waals surface area contributed by atoms with Crippen LogP contribution in [0.4, 0.5) is 0 Å². The molecule has 1 rings (SSSR count). The molecule has 0 bridgehead atoms. The number of aryl methyl sites for hydroxylation is 2. The summed E-state index contributed by atoms with van der Waals surface area (Å²) >= 11 is 0. The van der Waals surface area contributed by atoms with E-state index < -0.39 is 0 Å². The first kappa shape index (κ1) is 11.0. The summed E-state index contributed by atoms with van der Waals surface area (Å²) in [6, 6.07) is 0.114. The summed E-state index contributed by atoms with van der Waals surface area (Å²) in [7, 11) is 1.92. The Balaban J connectivity index is 2.55. The molecule has 78 valence electrons. The van der Waals surface area contributed by atoms with Crippen LogP contribution in [0.15, 0.2) is 18.9 Å². The van der Waals surface area contributed by atoms with Crippen molar-refractivity contribution in [2.45, 2.75) is 32.2 Å². The van der Waals surface area contributed by atoms with E-state index in [4.69, 9.17) is 5.73 Å². The fourth-order valence-electron chi connectivity index (χ4n) is 1.62. The lowest BCUT2D eigenvalue weighted by molar-refractivity contribution is 0.614. The zero-order valence-corrected chi connectivity index (χ0v) is 9.03. The van der Waals surface area contributed by atoms with Gasteiger partial charge >= 0.3 is 0 Å². The van der Waals surface area contributed by atoms with Crippen LogP contribution in [0.3, 0.4) is 0 Å². The van der Waals surface area contributed by atoms with Crippen molar-refractivity contribution in [3.63, 3.8) is 0 Å². The topological polar surface area (TPSA) is 43.8 Å². The molecule has 0 aliphatic heterocycles. The maximum atomic E-state index is 6.06. The van der Waals surface area contributed by atoms with Crippen molar-refractivity contribution in [1.29, 1.82) is 0 Å². The Morgan fingerprint density at radius 2 is 2.43 bits per heavy atom. The lowest BCUT2D eigenvalue weighted by Crippen LogP contribution is -2.10. The Morgan fingerprint density at radius 1 is 1.71 bits per heavy atom. The smallest absolute Gasteiger partial charge is 0.0641 e. The molecular weight excluding hydrogens is 174 g/mol. The largest absolute Gasteiger partial charge is 0.324 e. The van der Waals surface area contributed by atoms with Gasteiger partial charge in [-0.3, -0.25) is 4.68 Å². The minimum absolute atomic E-state index is 0.114. The molecule has 1 aromatic rings. The monoisotopic (exact) mass is 193 g/mol. The fraction of sp³-hybridized carbons (Fsp3) is 0.545. The van der Waals surface area contributed by atoms with Crippen molar-refractivity contribution in [2.75, 3.05) is 0 Å². The van der Waals surface area contributed by atoms with Crippen LogP contribution in [-0.4, -0.2) is 9.78 Å². The molecular formula is C11H19N3. The summed E-state index contributed by atoms with van der Waals surface area (Å²) in [4.78, 5) is 0. The van der Waals surface area contributed by atoms with E-state index in [0.29, 0.717) is 0 Å². The number of rotatable bonds is 5. The maximum Gasteiger partial charge on any atom is 0.0641 e. The molecule has 0 saturated heterocycles. The van der Waals surface area contributed by atoms with Crippen LogP contribution < -0.4 is 5.73 Å². The molecule has 0 amide bonds. The van der Waals surface area contributed by atoms with Crippen LogP contribution in [-0.2, 0) is 7.05 Å². The summed E-state index contributed by atoms with van der Waals surface area (Å²) in [5.41, 5.74) is 8.27.